The van der Waals surface area contributed by atoms with Crippen molar-refractivity contribution in [2.24, 2.45) is 0 Å². The van der Waals surface area contributed by atoms with E-state index >= 15 is 0 Å². The van der Waals surface area contributed by atoms with Gasteiger partial charge in [0.25, 0.3) is 5.91 Å². The van der Waals surface area contributed by atoms with Crippen LogP contribution in [0.2, 0.25) is 0 Å². The molecule has 0 aliphatic carbocycles. The minimum atomic E-state index is -0.157. The van der Waals surface area contributed by atoms with Gasteiger partial charge in [0.05, 0.1) is 0 Å². The monoisotopic (exact) mass is 270 g/mol. The van der Waals surface area contributed by atoms with E-state index < -0.39 is 0 Å². The lowest BCUT2D eigenvalue weighted by Gasteiger charge is -2.10. The molecule has 4 heteroatoms. The normalized spacial score (nSPS) is 10.1. The third kappa shape index (κ3) is 3.75. The molecule has 0 saturated heterocycles. The molecule has 0 aliphatic heterocycles. The van der Waals surface area contributed by atoms with Gasteiger partial charge in [0.2, 0.25) is 0 Å². The average molecular weight is 270 g/mol. The summed E-state index contributed by atoms with van der Waals surface area (Å²) >= 11 is 0. The van der Waals surface area contributed by atoms with Crippen LogP contribution in [0.1, 0.15) is 11.1 Å². The highest BCUT2D eigenvalue weighted by Crippen LogP contribution is 2.22. The van der Waals surface area contributed by atoms with Gasteiger partial charge in [-0.3, -0.25) is 4.79 Å². The Bertz CT molecular complexity index is 582. The number of anilines is 1. The summed E-state index contributed by atoms with van der Waals surface area (Å²) in [6, 6.07) is 15.2. The number of nitrogens with two attached hydrogens (primary N) is 1. The lowest BCUT2D eigenvalue weighted by Crippen LogP contribution is -2.28. The molecule has 0 aliphatic rings. The summed E-state index contributed by atoms with van der Waals surface area (Å²) in [5.74, 6) is 0.482. The zero-order valence-corrected chi connectivity index (χ0v) is 11.4. The number of rotatable bonds is 5. The van der Waals surface area contributed by atoms with Crippen molar-refractivity contribution in [1.29, 1.82) is 0 Å². The number of ether oxygens (including phenoxy) is 1. The summed E-state index contributed by atoms with van der Waals surface area (Å²) in [4.78, 5) is 11.7. The van der Waals surface area contributed by atoms with Crippen molar-refractivity contribution >= 4 is 11.6 Å². The molecule has 0 unspecified atom stereocenters. The van der Waals surface area contributed by atoms with Crippen LogP contribution >= 0.6 is 0 Å². The molecule has 0 saturated carbocycles. The number of nitrogen functional groups attached to an aromatic ring is 1. The molecule has 0 radical (unpaired) electrons. The Hall–Kier alpha value is -2.49. The number of nitrogens with one attached hydrogen (secondary N) is 1. The Morgan fingerprint density at radius 3 is 2.65 bits per heavy atom. The van der Waals surface area contributed by atoms with Gasteiger partial charge >= 0.3 is 0 Å². The summed E-state index contributed by atoms with van der Waals surface area (Å²) in [5.41, 5.74) is 8.35. The van der Waals surface area contributed by atoms with Gasteiger partial charge in [-0.05, 0) is 24.6 Å². The molecule has 2 aromatic rings. The molecule has 4 nitrogen and oxygen atoms in total. The molecule has 104 valence electrons. The Balaban J connectivity index is 1.82. The van der Waals surface area contributed by atoms with Gasteiger partial charge in [-0.2, -0.15) is 0 Å². The van der Waals surface area contributed by atoms with E-state index in [9.17, 15) is 4.79 Å². The highest BCUT2D eigenvalue weighted by Gasteiger charge is 2.06. The first-order chi connectivity index (χ1) is 9.66. The minimum absolute atomic E-state index is 0.0167. The first kappa shape index (κ1) is 13.9. The number of hydrogen-bond acceptors (Lipinski definition) is 3. The van der Waals surface area contributed by atoms with Crippen LogP contribution in [-0.2, 0) is 11.3 Å². The topological polar surface area (TPSA) is 64.3 Å². The van der Waals surface area contributed by atoms with Crippen LogP contribution < -0.4 is 15.8 Å². The Morgan fingerprint density at radius 1 is 1.15 bits per heavy atom. The zero-order chi connectivity index (χ0) is 14.4. The van der Waals surface area contributed by atoms with Crippen LogP contribution in [-0.4, -0.2) is 12.5 Å². The summed E-state index contributed by atoms with van der Waals surface area (Å²) < 4.78 is 5.48. The lowest BCUT2D eigenvalue weighted by molar-refractivity contribution is -0.123. The molecule has 1 amide bonds. The SMILES string of the molecule is Cc1c(N)cccc1OCC(=O)NCc1ccccc1. The fourth-order valence-corrected chi connectivity index (χ4v) is 1.78. The second-order valence-corrected chi connectivity index (χ2v) is 4.52. The van der Waals surface area contributed by atoms with E-state index in [1.165, 1.54) is 0 Å². The molecular weight excluding hydrogens is 252 g/mol. The van der Waals surface area contributed by atoms with Crippen LogP contribution in [0.25, 0.3) is 0 Å². The highest BCUT2D eigenvalue weighted by molar-refractivity contribution is 5.77. The number of carbonyl (C=O) groups is 1. The summed E-state index contributed by atoms with van der Waals surface area (Å²) in [5, 5.41) is 2.81. The second kappa shape index (κ2) is 6.61. The fraction of sp³-hybridized carbons (Fsp3) is 0.188. The lowest BCUT2D eigenvalue weighted by atomic mass is 10.2. The van der Waals surface area contributed by atoms with Crippen LogP contribution in [0.4, 0.5) is 5.69 Å². The smallest absolute Gasteiger partial charge is 0.258 e. The molecule has 0 fully saturated rings. The maximum Gasteiger partial charge on any atom is 0.258 e. The third-order valence-electron chi connectivity index (χ3n) is 3.02. The molecular formula is C16H18N2O2. The number of benzene rings is 2. The molecule has 0 atom stereocenters. The number of hydrogen-bond donors (Lipinski definition) is 2. The first-order valence-electron chi connectivity index (χ1n) is 6.45. The van der Waals surface area contributed by atoms with Crippen LogP contribution in [0.3, 0.4) is 0 Å². The van der Waals surface area contributed by atoms with Crippen molar-refractivity contribution < 1.29 is 9.53 Å². The Labute approximate surface area is 118 Å². The van der Waals surface area contributed by atoms with Gasteiger partial charge in [-0.1, -0.05) is 36.4 Å². The van der Waals surface area contributed by atoms with Crippen LogP contribution in [0.5, 0.6) is 5.75 Å². The van der Waals surface area contributed by atoms with Crippen molar-refractivity contribution in [3.8, 4) is 5.75 Å². The van der Waals surface area contributed by atoms with Gasteiger partial charge in [0.1, 0.15) is 5.75 Å². The van der Waals surface area contributed by atoms with Crippen LogP contribution in [0, 0.1) is 6.92 Å². The van der Waals surface area contributed by atoms with Gasteiger partial charge < -0.3 is 15.8 Å². The summed E-state index contributed by atoms with van der Waals surface area (Å²) in [6.45, 7) is 2.35. The zero-order valence-electron chi connectivity index (χ0n) is 11.4. The largest absolute Gasteiger partial charge is 0.483 e. The van der Waals surface area contributed by atoms with E-state index in [1.807, 2.05) is 37.3 Å². The molecule has 2 rings (SSSR count). The molecule has 0 spiro atoms. The maximum atomic E-state index is 11.7. The van der Waals surface area contributed by atoms with Crippen molar-refractivity contribution in [2.45, 2.75) is 13.5 Å². The Kier molecular flexibility index (Phi) is 4.60. The van der Waals surface area contributed by atoms with E-state index in [-0.39, 0.29) is 12.5 Å². The van der Waals surface area contributed by atoms with E-state index in [0.29, 0.717) is 18.0 Å². The van der Waals surface area contributed by atoms with Crippen molar-refractivity contribution in [2.75, 3.05) is 12.3 Å². The van der Waals surface area contributed by atoms with Crippen molar-refractivity contribution in [3.63, 3.8) is 0 Å². The van der Waals surface area contributed by atoms with Gasteiger partial charge in [-0.25, -0.2) is 0 Å². The fourth-order valence-electron chi connectivity index (χ4n) is 1.78. The number of carbonyl (C=O) groups excluding carboxylic acids is 1. The summed E-state index contributed by atoms with van der Waals surface area (Å²) in [7, 11) is 0. The minimum Gasteiger partial charge on any atom is -0.483 e. The van der Waals surface area contributed by atoms with Crippen molar-refractivity contribution in [3.05, 3.63) is 59.7 Å². The standard InChI is InChI=1S/C16H18N2O2/c1-12-14(17)8-5-9-15(12)20-11-16(19)18-10-13-6-3-2-4-7-13/h2-9H,10-11,17H2,1H3,(H,18,19). The van der Waals surface area contributed by atoms with Gasteiger partial charge in [0.15, 0.2) is 6.61 Å². The first-order valence-corrected chi connectivity index (χ1v) is 6.45. The highest BCUT2D eigenvalue weighted by atomic mass is 16.5. The maximum absolute atomic E-state index is 11.7. The molecule has 2 aromatic carbocycles. The van der Waals surface area contributed by atoms with E-state index in [4.69, 9.17) is 10.5 Å². The molecule has 0 bridgehead atoms. The predicted molar refractivity (Wildman–Crippen MR) is 79.4 cm³/mol. The van der Waals surface area contributed by atoms with Crippen molar-refractivity contribution in [1.82, 2.24) is 5.32 Å². The van der Waals surface area contributed by atoms with Crippen LogP contribution in [0.15, 0.2) is 48.5 Å². The second-order valence-electron chi connectivity index (χ2n) is 4.52. The molecule has 20 heavy (non-hydrogen) atoms. The number of amides is 1. The molecule has 0 aromatic heterocycles. The van der Waals surface area contributed by atoms with E-state index in [1.54, 1.807) is 18.2 Å². The van der Waals surface area contributed by atoms with Gasteiger partial charge in [0, 0.05) is 17.8 Å². The predicted octanol–water partition coefficient (Wildman–Crippen LogP) is 2.27. The summed E-state index contributed by atoms with van der Waals surface area (Å²) in [6.07, 6.45) is 0. The third-order valence-corrected chi connectivity index (χ3v) is 3.02. The Morgan fingerprint density at radius 2 is 1.90 bits per heavy atom. The van der Waals surface area contributed by atoms with E-state index in [2.05, 4.69) is 5.32 Å². The quantitative estimate of drug-likeness (QED) is 0.819. The average Bonchev–Trinajstić information content (AvgIpc) is 2.48. The molecule has 3 N–H and O–H groups in total. The van der Waals surface area contributed by atoms with E-state index in [0.717, 1.165) is 11.1 Å². The van der Waals surface area contributed by atoms with Gasteiger partial charge in [-0.15, -0.1) is 0 Å². The molecule has 0 heterocycles.